The van der Waals surface area contributed by atoms with Gasteiger partial charge in [-0.15, -0.1) is 38.4 Å². The predicted molar refractivity (Wildman–Crippen MR) is 47.0 cm³/mol. The Morgan fingerprint density at radius 1 is 0.444 bits per heavy atom. The Morgan fingerprint density at radius 3 is 0.444 bits per heavy atom. The number of halogens is 3. The van der Waals surface area contributed by atoms with Crippen LogP contribution in [-0.4, -0.2) is 0 Å². The SMILES string of the molecule is F.F.F.NS.NS.NS. The van der Waals surface area contributed by atoms with Crippen LogP contribution in [0, 0.1) is 0 Å². The molecule has 0 aromatic heterocycles. The van der Waals surface area contributed by atoms with E-state index in [2.05, 4.69) is 53.9 Å². The molecule has 3 nitrogen and oxygen atoms in total. The molecule has 0 aliphatic carbocycles. The van der Waals surface area contributed by atoms with Crippen molar-refractivity contribution >= 4 is 38.4 Å². The summed E-state index contributed by atoms with van der Waals surface area (Å²) < 4.78 is 0. The lowest BCUT2D eigenvalue weighted by molar-refractivity contribution is 1.11. The van der Waals surface area contributed by atoms with Gasteiger partial charge in [-0.3, -0.25) is 29.5 Å². The molecule has 66 valence electrons. The Bertz CT molecular complexity index is 14.3. The molecule has 0 aliphatic heterocycles. The molecular formula is H12F3N3S3. The van der Waals surface area contributed by atoms with Gasteiger partial charge in [0.1, 0.15) is 0 Å². The first-order valence-corrected chi connectivity index (χ1v) is 2.32. The van der Waals surface area contributed by atoms with Crippen molar-refractivity contribution in [2.24, 2.45) is 15.4 Å². The highest BCUT2D eigenvalue weighted by Crippen LogP contribution is 1.12. The van der Waals surface area contributed by atoms with Gasteiger partial charge in [0, 0.05) is 0 Å². The molecule has 0 bridgehead atoms. The van der Waals surface area contributed by atoms with Gasteiger partial charge in [0.05, 0.1) is 0 Å². The summed E-state index contributed by atoms with van der Waals surface area (Å²) in [6.07, 6.45) is 0. The number of rotatable bonds is 0. The van der Waals surface area contributed by atoms with Crippen LogP contribution in [0.5, 0.6) is 0 Å². The summed E-state index contributed by atoms with van der Waals surface area (Å²) in [6.45, 7) is 0. The predicted octanol–water partition coefficient (Wildman–Crippen LogP) is -0.173. The standard InChI is InChI=1S/3FH.3H3NS/c;;;3*1-2/h3*1H;3*2H,1H2. The Hall–Kier alpha value is 0.720. The van der Waals surface area contributed by atoms with E-state index in [4.69, 9.17) is 0 Å². The lowest BCUT2D eigenvalue weighted by Crippen LogP contribution is -1.49. The van der Waals surface area contributed by atoms with Crippen LogP contribution < -0.4 is 15.4 Å². The van der Waals surface area contributed by atoms with Crippen molar-refractivity contribution in [2.75, 3.05) is 0 Å². The van der Waals surface area contributed by atoms with Crippen LogP contribution in [0.25, 0.3) is 0 Å². The summed E-state index contributed by atoms with van der Waals surface area (Å²) in [7, 11) is 0. The molecule has 9 heteroatoms. The molecule has 0 atom stereocenters. The first kappa shape index (κ1) is 53.4. The lowest BCUT2D eigenvalue weighted by atomic mass is 14.0. The summed E-state index contributed by atoms with van der Waals surface area (Å²) >= 11 is 9.08. The molecule has 0 fully saturated rings. The third-order valence-corrected chi connectivity index (χ3v) is 0. The van der Waals surface area contributed by atoms with Gasteiger partial charge in [-0.05, 0) is 0 Å². The minimum Gasteiger partial charge on any atom is -0.281 e. The zero-order valence-corrected chi connectivity index (χ0v) is 6.98. The molecule has 9 heavy (non-hydrogen) atoms. The van der Waals surface area contributed by atoms with Gasteiger partial charge >= 0.3 is 0 Å². The topological polar surface area (TPSA) is 78.1 Å². The van der Waals surface area contributed by atoms with Gasteiger partial charge in [-0.1, -0.05) is 0 Å². The molecule has 0 saturated carbocycles. The summed E-state index contributed by atoms with van der Waals surface area (Å²) in [5.41, 5.74) is 0. The highest BCUT2D eigenvalue weighted by molar-refractivity contribution is 7.78. The minimum atomic E-state index is 0. The third kappa shape index (κ3) is 760. The summed E-state index contributed by atoms with van der Waals surface area (Å²) in [5.74, 6) is 0. The van der Waals surface area contributed by atoms with Gasteiger partial charge in [0.25, 0.3) is 0 Å². The van der Waals surface area contributed by atoms with Crippen molar-refractivity contribution < 1.29 is 14.1 Å². The lowest BCUT2D eigenvalue weighted by Gasteiger charge is -1.20. The Kier molecular flexibility index (Phi) is 5950. The van der Waals surface area contributed by atoms with Gasteiger partial charge in [0.2, 0.25) is 0 Å². The average Bonchev–Trinajstić information content (AvgIpc) is 1.81. The zero-order chi connectivity index (χ0) is 6.00. The van der Waals surface area contributed by atoms with E-state index in [0.29, 0.717) is 0 Å². The molecule has 0 radical (unpaired) electrons. The average molecular weight is 207 g/mol. The van der Waals surface area contributed by atoms with Crippen LogP contribution in [0.3, 0.4) is 0 Å². The normalized spacial score (nSPS) is 2.00. The van der Waals surface area contributed by atoms with Crippen molar-refractivity contribution in [3.63, 3.8) is 0 Å². The summed E-state index contributed by atoms with van der Waals surface area (Å²) in [4.78, 5) is 0. The van der Waals surface area contributed by atoms with Gasteiger partial charge in [-0.2, -0.15) is 0 Å². The van der Waals surface area contributed by atoms with E-state index in [-0.39, 0.29) is 14.1 Å². The zero-order valence-electron chi connectivity index (χ0n) is 4.30. The number of nitrogens with two attached hydrogens (primary N) is 3. The Morgan fingerprint density at radius 2 is 0.444 bits per heavy atom. The second kappa shape index (κ2) is 1000. The van der Waals surface area contributed by atoms with Crippen LogP contribution in [0.15, 0.2) is 0 Å². The number of hydrogen-bond acceptors (Lipinski definition) is 6. The second-order valence-corrected chi connectivity index (χ2v) is 0. The monoisotopic (exact) mass is 207 g/mol. The first-order chi connectivity index (χ1) is 3.00. The van der Waals surface area contributed by atoms with Crippen LogP contribution in [0.2, 0.25) is 0 Å². The van der Waals surface area contributed by atoms with Crippen LogP contribution >= 0.6 is 38.4 Å². The minimum absolute atomic E-state index is 0. The van der Waals surface area contributed by atoms with E-state index in [1.807, 2.05) is 0 Å². The molecule has 0 rings (SSSR count). The number of hydrogen-bond donors (Lipinski definition) is 6. The molecule has 0 aromatic carbocycles. The van der Waals surface area contributed by atoms with Crippen molar-refractivity contribution in [2.45, 2.75) is 0 Å². The maximum Gasteiger partial charge on any atom is -0.103 e. The molecule has 0 spiro atoms. The van der Waals surface area contributed by atoms with Crippen LogP contribution in [0.1, 0.15) is 0 Å². The molecular weight excluding hydrogens is 195 g/mol. The molecule has 0 aromatic rings. The van der Waals surface area contributed by atoms with E-state index >= 15 is 0 Å². The van der Waals surface area contributed by atoms with Gasteiger partial charge < -0.3 is 0 Å². The maximum absolute atomic E-state index is 4.19. The largest absolute Gasteiger partial charge is 0.281 e. The third-order valence-electron chi connectivity index (χ3n) is 0. The molecule has 6 N–H and O–H groups in total. The van der Waals surface area contributed by atoms with Crippen molar-refractivity contribution in [1.29, 1.82) is 0 Å². The quantitative estimate of drug-likeness (QED) is 0.312. The fraction of sp³-hybridized carbons (Fsp3) is 0. The summed E-state index contributed by atoms with van der Waals surface area (Å²) in [5, 5.41) is 12.6. The highest BCUT2D eigenvalue weighted by Gasteiger charge is 0.816. The molecule has 0 saturated heterocycles. The molecule has 0 aliphatic rings. The highest BCUT2D eigenvalue weighted by atomic mass is 32.1. The summed E-state index contributed by atoms with van der Waals surface area (Å²) in [6, 6.07) is 0. The maximum atomic E-state index is 4.19. The molecule has 0 heterocycles. The fourth-order valence-corrected chi connectivity index (χ4v) is 0. The molecule has 0 amide bonds. The van der Waals surface area contributed by atoms with E-state index < -0.39 is 0 Å². The van der Waals surface area contributed by atoms with Crippen molar-refractivity contribution in [3.05, 3.63) is 0 Å². The number of thiol groups is 3. The molecule has 0 unspecified atom stereocenters. The van der Waals surface area contributed by atoms with Crippen molar-refractivity contribution in [1.82, 2.24) is 0 Å². The Labute approximate surface area is 68.5 Å². The van der Waals surface area contributed by atoms with E-state index in [9.17, 15) is 0 Å². The van der Waals surface area contributed by atoms with E-state index in [0.717, 1.165) is 0 Å². The smallest absolute Gasteiger partial charge is 0.103 e. The first-order valence-electron chi connectivity index (χ1n) is 0.775. The van der Waals surface area contributed by atoms with Gasteiger partial charge in [0.15, 0.2) is 0 Å². The van der Waals surface area contributed by atoms with E-state index in [1.54, 1.807) is 0 Å². The van der Waals surface area contributed by atoms with Gasteiger partial charge in [-0.25, -0.2) is 0 Å². The second-order valence-electron chi connectivity index (χ2n) is 0. The van der Waals surface area contributed by atoms with Crippen LogP contribution in [0.4, 0.5) is 14.1 Å². The van der Waals surface area contributed by atoms with E-state index in [1.165, 1.54) is 0 Å². The van der Waals surface area contributed by atoms with Crippen LogP contribution in [-0.2, 0) is 0 Å². The van der Waals surface area contributed by atoms with Crippen molar-refractivity contribution in [3.8, 4) is 0 Å². The fourth-order valence-electron chi connectivity index (χ4n) is 0. The Balaban J connectivity index is -0.00000000321.